The number of aliphatic hydroxyl groups is 2. The van der Waals surface area contributed by atoms with E-state index in [0.717, 1.165) is 11.1 Å². The van der Waals surface area contributed by atoms with Crippen LogP contribution in [0.3, 0.4) is 0 Å². The van der Waals surface area contributed by atoms with E-state index >= 15 is 0 Å². The monoisotopic (exact) mass is 530 g/mol. The molecule has 0 radical (unpaired) electrons. The lowest BCUT2D eigenvalue weighted by Crippen LogP contribution is -2.43. The van der Waals surface area contributed by atoms with Crippen LogP contribution >= 0.6 is 23.2 Å². The van der Waals surface area contributed by atoms with Gasteiger partial charge < -0.3 is 26.0 Å². The number of halogens is 2. The zero-order valence-electron chi connectivity index (χ0n) is 20.4. The molecule has 36 heavy (non-hydrogen) atoms. The van der Waals surface area contributed by atoms with Crippen molar-refractivity contribution in [2.75, 3.05) is 13.1 Å². The second-order valence-corrected chi connectivity index (χ2v) is 10.3. The van der Waals surface area contributed by atoms with Gasteiger partial charge in [-0.05, 0) is 79.8 Å². The number of rotatable bonds is 11. The first-order valence-electron chi connectivity index (χ1n) is 11.7. The number of aliphatic hydroxyl groups excluding tert-OH is 2. The maximum atomic E-state index is 12.7. The van der Waals surface area contributed by atoms with Gasteiger partial charge in [-0.2, -0.15) is 0 Å². The lowest BCUT2D eigenvalue weighted by Gasteiger charge is -2.28. The van der Waals surface area contributed by atoms with Gasteiger partial charge in [-0.1, -0.05) is 47.5 Å². The summed E-state index contributed by atoms with van der Waals surface area (Å²) in [6.45, 7) is 4.52. The Hall–Kier alpha value is -2.61. The fraction of sp³-hybridized carbons (Fsp3) is 0.321. The first-order chi connectivity index (χ1) is 17.1. The van der Waals surface area contributed by atoms with E-state index < -0.39 is 6.10 Å². The van der Waals surface area contributed by atoms with Gasteiger partial charge in [0.25, 0.3) is 5.91 Å². The molecule has 3 rings (SSSR count). The topological polar surface area (TPSA) is 102 Å². The Bertz CT molecular complexity index is 1200. The molecule has 3 aromatic rings. The summed E-state index contributed by atoms with van der Waals surface area (Å²) in [6, 6.07) is 17.6. The van der Waals surface area contributed by atoms with Crippen molar-refractivity contribution in [1.82, 2.24) is 10.6 Å². The van der Waals surface area contributed by atoms with Crippen LogP contribution in [0, 0.1) is 0 Å². The number of nitrogens with one attached hydrogen (secondary N) is 2. The number of aromatic hydroxyl groups is 1. The van der Waals surface area contributed by atoms with Crippen LogP contribution in [0.5, 0.6) is 5.75 Å². The zero-order chi connectivity index (χ0) is 26.3. The van der Waals surface area contributed by atoms with Crippen LogP contribution in [-0.4, -0.2) is 39.9 Å². The highest BCUT2D eigenvalue weighted by Crippen LogP contribution is 2.24. The van der Waals surface area contributed by atoms with E-state index in [2.05, 4.69) is 10.6 Å². The maximum absolute atomic E-state index is 12.7. The molecule has 0 aliphatic heterocycles. The summed E-state index contributed by atoms with van der Waals surface area (Å²) < 4.78 is 0. The van der Waals surface area contributed by atoms with E-state index in [0.29, 0.717) is 46.1 Å². The Morgan fingerprint density at radius 2 is 1.78 bits per heavy atom. The van der Waals surface area contributed by atoms with Crippen molar-refractivity contribution in [2.45, 2.75) is 44.9 Å². The highest BCUT2D eigenvalue weighted by atomic mass is 35.5. The van der Waals surface area contributed by atoms with E-state index in [-0.39, 0.29) is 30.3 Å². The van der Waals surface area contributed by atoms with Crippen molar-refractivity contribution in [3.8, 4) is 5.75 Å². The highest BCUT2D eigenvalue weighted by molar-refractivity contribution is 6.42. The van der Waals surface area contributed by atoms with Gasteiger partial charge in [-0.25, -0.2) is 0 Å². The predicted octanol–water partition coefficient (Wildman–Crippen LogP) is 4.81. The van der Waals surface area contributed by atoms with Crippen LogP contribution in [0.25, 0.3) is 0 Å². The van der Waals surface area contributed by atoms with Gasteiger partial charge in [0, 0.05) is 29.8 Å². The van der Waals surface area contributed by atoms with Crippen molar-refractivity contribution in [3.63, 3.8) is 0 Å². The number of phenols is 1. The van der Waals surface area contributed by atoms with Crippen LogP contribution in [-0.2, 0) is 19.4 Å². The number of benzene rings is 3. The van der Waals surface area contributed by atoms with Crippen LogP contribution in [0.1, 0.15) is 52.6 Å². The van der Waals surface area contributed by atoms with E-state index in [1.54, 1.807) is 30.3 Å². The highest BCUT2D eigenvalue weighted by Gasteiger charge is 2.21. The first-order valence-corrected chi connectivity index (χ1v) is 12.5. The summed E-state index contributed by atoms with van der Waals surface area (Å²) in [5.41, 5.74) is 3.19. The summed E-state index contributed by atoms with van der Waals surface area (Å²) in [4.78, 5) is 12.7. The molecule has 1 atom stereocenters. The normalized spacial score (nSPS) is 12.4. The summed E-state index contributed by atoms with van der Waals surface area (Å²) in [7, 11) is 0. The molecule has 0 aliphatic rings. The van der Waals surface area contributed by atoms with Gasteiger partial charge in [0.15, 0.2) is 0 Å². The van der Waals surface area contributed by atoms with Crippen molar-refractivity contribution >= 4 is 29.1 Å². The lowest BCUT2D eigenvalue weighted by atomic mass is 9.93. The van der Waals surface area contributed by atoms with Crippen LogP contribution in [0.4, 0.5) is 0 Å². The van der Waals surface area contributed by atoms with Crippen LogP contribution in [0.15, 0.2) is 60.7 Å². The van der Waals surface area contributed by atoms with E-state index in [9.17, 15) is 20.1 Å². The summed E-state index contributed by atoms with van der Waals surface area (Å²) in [5.74, 6) is -0.148. The van der Waals surface area contributed by atoms with Gasteiger partial charge in [0.1, 0.15) is 5.75 Å². The average Bonchev–Trinajstić information content (AvgIpc) is 2.85. The Morgan fingerprint density at radius 1 is 1.00 bits per heavy atom. The van der Waals surface area contributed by atoms with Crippen LogP contribution in [0.2, 0.25) is 10.0 Å². The van der Waals surface area contributed by atoms with Crippen molar-refractivity contribution in [3.05, 3.63) is 98.5 Å². The molecule has 0 unspecified atom stereocenters. The minimum absolute atomic E-state index is 0.0000318. The molecule has 0 spiro atoms. The predicted molar refractivity (Wildman–Crippen MR) is 144 cm³/mol. The first kappa shape index (κ1) is 28.0. The quantitative estimate of drug-likeness (QED) is 0.245. The van der Waals surface area contributed by atoms with Gasteiger partial charge in [-0.3, -0.25) is 4.79 Å². The second kappa shape index (κ2) is 12.6. The SMILES string of the molecule is CC(C)(Cc1cccc(C(=O)NCCc2ccc(Cl)c(Cl)c2)c1)NC[C@H](O)c1ccc(O)c(CO)c1. The number of hydrogen-bond donors (Lipinski definition) is 5. The maximum Gasteiger partial charge on any atom is 0.251 e. The van der Waals surface area contributed by atoms with Crippen molar-refractivity contribution in [1.29, 1.82) is 0 Å². The molecule has 0 aliphatic carbocycles. The van der Waals surface area contributed by atoms with Crippen molar-refractivity contribution in [2.24, 2.45) is 0 Å². The van der Waals surface area contributed by atoms with Gasteiger partial charge in [0.2, 0.25) is 0 Å². The fourth-order valence-corrected chi connectivity index (χ4v) is 4.26. The molecule has 1 amide bonds. The minimum Gasteiger partial charge on any atom is -0.508 e. The summed E-state index contributed by atoms with van der Waals surface area (Å²) in [5, 5.41) is 37.0. The number of β-amino-alcohol motifs (C(OH)–C–C–N with tert-alkyl or cyclic N) is 1. The molecule has 0 saturated heterocycles. The fourth-order valence-electron chi connectivity index (χ4n) is 3.94. The Morgan fingerprint density at radius 3 is 2.50 bits per heavy atom. The molecular weight excluding hydrogens is 499 g/mol. The molecule has 5 N–H and O–H groups in total. The van der Waals surface area contributed by atoms with Crippen LogP contribution < -0.4 is 10.6 Å². The number of amides is 1. The lowest BCUT2D eigenvalue weighted by molar-refractivity contribution is 0.0954. The molecule has 3 aromatic carbocycles. The number of carbonyl (C=O) groups is 1. The third kappa shape index (κ3) is 7.95. The Balaban J connectivity index is 1.53. The average molecular weight is 531 g/mol. The standard InChI is InChI=1S/C28H32Cl2N2O4/c1-28(2,32-16-26(35)20-7-9-25(34)22(14-20)17-33)15-19-4-3-5-21(12-19)27(36)31-11-10-18-6-8-23(29)24(30)13-18/h3-9,12-14,26,32-35H,10-11,15-17H2,1-2H3,(H,31,36)/t26-/m0/s1. The van der Waals surface area contributed by atoms with E-state index in [1.807, 2.05) is 38.1 Å². The Labute approximate surface area is 221 Å². The molecule has 0 fully saturated rings. The second-order valence-electron chi connectivity index (χ2n) is 9.46. The summed E-state index contributed by atoms with van der Waals surface area (Å²) in [6.07, 6.45) is 0.479. The van der Waals surface area contributed by atoms with Crippen molar-refractivity contribution < 1.29 is 20.1 Å². The molecule has 8 heteroatoms. The van der Waals surface area contributed by atoms with Gasteiger partial charge in [0.05, 0.1) is 22.8 Å². The minimum atomic E-state index is -0.803. The molecule has 0 heterocycles. The molecule has 0 saturated carbocycles. The van der Waals surface area contributed by atoms with E-state index in [1.165, 1.54) is 6.07 Å². The number of carbonyl (C=O) groups excluding carboxylic acids is 1. The molecular formula is C28H32Cl2N2O4. The third-order valence-electron chi connectivity index (χ3n) is 5.95. The molecule has 0 bridgehead atoms. The van der Waals surface area contributed by atoms with Gasteiger partial charge >= 0.3 is 0 Å². The van der Waals surface area contributed by atoms with E-state index in [4.69, 9.17) is 23.2 Å². The largest absolute Gasteiger partial charge is 0.508 e. The molecule has 6 nitrogen and oxygen atoms in total. The molecule has 192 valence electrons. The number of hydrogen-bond acceptors (Lipinski definition) is 5. The molecule has 0 aromatic heterocycles. The third-order valence-corrected chi connectivity index (χ3v) is 6.69. The Kier molecular flexibility index (Phi) is 9.77. The zero-order valence-corrected chi connectivity index (χ0v) is 21.9. The van der Waals surface area contributed by atoms with Gasteiger partial charge in [-0.15, -0.1) is 0 Å². The summed E-state index contributed by atoms with van der Waals surface area (Å²) >= 11 is 12.0. The smallest absolute Gasteiger partial charge is 0.251 e.